The summed E-state index contributed by atoms with van der Waals surface area (Å²) in [4.78, 5) is 27.2. The van der Waals surface area contributed by atoms with Crippen LogP contribution in [0, 0.1) is 20.8 Å². The lowest BCUT2D eigenvalue weighted by atomic mass is 10.1. The molecule has 34 heavy (non-hydrogen) atoms. The van der Waals surface area contributed by atoms with E-state index in [4.69, 9.17) is 0 Å². The van der Waals surface area contributed by atoms with E-state index in [1.54, 1.807) is 51.8 Å². The van der Waals surface area contributed by atoms with Crippen LogP contribution in [0.25, 0.3) is 0 Å². The van der Waals surface area contributed by atoms with E-state index in [9.17, 15) is 18.0 Å². The highest BCUT2D eigenvalue weighted by atomic mass is 32.2. The van der Waals surface area contributed by atoms with Gasteiger partial charge in [0.15, 0.2) is 0 Å². The number of likely N-dealkylation sites (N-methyl/N-ethyl adjacent to an activating group) is 1. The van der Waals surface area contributed by atoms with Crippen LogP contribution >= 0.6 is 0 Å². The number of anilines is 2. The molecule has 8 nitrogen and oxygen atoms in total. The molecule has 0 saturated carbocycles. The minimum absolute atomic E-state index is 0.0256. The van der Waals surface area contributed by atoms with E-state index < -0.39 is 16.1 Å². The number of amides is 2. The molecule has 0 saturated heterocycles. The minimum atomic E-state index is -3.66. The molecule has 1 atom stereocenters. The molecule has 0 aliphatic carbocycles. The van der Waals surface area contributed by atoms with Crippen molar-refractivity contribution in [3.63, 3.8) is 0 Å². The molecule has 0 radical (unpaired) electrons. The quantitative estimate of drug-likeness (QED) is 0.533. The Hall–Kier alpha value is -2.75. The minimum Gasteiger partial charge on any atom is -0.325 e. The van der Waals surface area contributed by atoms with Gasteiger partial charge in [-0.05, 0) is 63.6 Å². The zero-order chi connectivity index (χ0) is 25.6. The molecule has 0 aromatic heterocycles. The molecule has 0 aliphatic heterocycles. The lowest BCUT2D eigenvalue weighted by Crippen LogP contribution is -2.43. The van der Waals surface area contributed by atoms with Crippen molar-refractivity contribution >= 4 is 33.2 Å². The maximum absolute atomic E-state index is 13.0. The fourth-order valence-electron chi connectivity index (χ4n) is 3.66. The Labute approximate surface area is 203 Å². The predicted molar refractivity (Wildman–Crippen MR) is 137 cm³/mol. The van der Waals surface area contributed by atoms with Crippen LogP contribution in [0.15, 0.2) is 41.3 Å². The number of hydrogen-bond acceptors (Lipinski definition) is 5. The van der Waals surface area contributed by atoms with Gasteiger partial charge in [-0.2, -0.15) is 4.31 Å². The van der Waals surface area contributed by atoms with Crippen LogP contribution < -0.4 is 10.6 Å². The first kappa shape index (κ1) is 27.5. The maximum atomic E-state index is 13.0. The second kappa shape index (κ2) is 11.6. The highest BCUT2D eigenvalue weighted by molar-refractivity contribution is 7.89. The number of para-hydroxylation sites is 1. The highest BCUT2D eigenvalue weighted by Gasteiger charge is 2.25. The fraction of sp³-hybridized carbons (Fsp3) is 0.440. The summed E-state index contributed by atoms with van der Waals surface area (Å²) in [7, 11) is -1.97. The van der Waals surface area contributed by atoms with Crippen molar-refractivity contribution in [1.82, 2.24) is 9.21 Å². The summed E-state index contributed by atoms with van der Waals surface area (Å²) in [5.41, 5.74) is 3.72. The molecule has 2 N–H and O–H groups in total. The zero-order valence-electron chi connectivity index (χ0n) is 21.1. The van der Waals surface area contributed by atoms with Crippen molar-refractivity contribution in [2.45, 2.75) is 52.5 Å². The van der Waals surface area contributed by atoms with E-state index in [0.717, 1.165) is 16.8 Å². The van der Waals surface area contributed by atoms with Crippen molar-refractivity contribution in [3.05, 3.63) is 53.1 Å². The average molecular weight is 489 g/mol. The van der Waals surface area contributed by atoms with Gasteiger partial charge in [0.25, 0.3) is 0 Å². The number of rotatable bonds is 10. The predicted octanol–water partition coefficient (Wildman–Crippen LogP) is 3.54. The van der Waals surface area contributed by atoms with Gasteiger partial charge >= 0.3 is 0 Å². The van der Waals surface area contributed by atoms with E-state index >= 15 is 0 Å². The van der Waals surface area contributed by atoms with Crippen molar-refractivity contribution in [3.8, 4) is 0 Å². The molecule has 0 spiro atoms. The standard InChI is InChI=1S/C25H36N4O4S/c1-8-29(9-2)34(32,33)22-15-21(14-13-17(22)3)26-25(31)20(6)28(7)16-23(30)27-24-18(4)11-10-12-19(24)5/h10-15,20H,8-9,16H2,1-7H3,(H,26,31)(H,27,30)/t20-/m0/s1. The fourth-order valence-corrected chi connectivity index (χ4v) is 5.37. The van der Waals surface area contributed by atoms with E-state index in [1.807, 2.05) is 32.0 Å². The molecule has 9 heteroatoms. The van der Waals surface area contributed by atoms with Crippen LogP contribution in [-0.4, -0.2) is 62.2 Å². The van der Waals surface area contributed by atoms with Gasteiger partial charge in [-0.3, -0.25) is 14.5 Å². The largest absolute Gasteiger partial charge is 0.325 e. The van der Waals surface area contributed by atoms with Gasteiger partial charge in [0.1, 0.15) is 0 Å². The molecule has 186 valence electrons. The van der Waals surface area contributed by atoms with Gasteiger partial charge in [0, 0.05) is 24.5 Å². The van der Waals surface area contributed by atoms with Gasteiger partial charge in [0.2, 0.25) is 21.8 Å². The topological polar surface area (TPSA) is 98.8 Å². The number of aryl methyl sites for hydroxylation is 3. The third kappa shape index (κ3) is 6.43. The molecule has 2 rings (SSSR count). The van der Waals surface area contributed by atoms with Crippen molar-refractivity contribution < 1.29 is 18.0 Å². The number of carbonyl (C=O) groups excluding carboxylic acids is 2. The van der Waals surface area contributed by atoms with Gasteiger partial charge in [-0.1, -0.05) is 38.1 Å². The Morgan fingerprint density at radius 1 is 0.941 bits per heavy atom. The number of nitrogens with one attached hydrogen (secondary N) is 2. The average Bonchev–Trinajstić information content (AvgIpc) is 2.77. The molecule has 0 aliphatic rings. The van der Waals surface area contributed by atoms with Gasteiger partial charge in [0.05, 0.1) is 17.5 Å². The van der Waals surface area contributed by atoms with Crippen LogP contribution in [0.4, 0.5) is 11.4 Å². The molecule has 0 bridgehead atoms. The van der Waals surface area contributed by atoms with Crippen LogP contribution in [0.5, 0.6) is 0 Å². The first-order chi connectivity index (χ1) is 15.9. The molecule has 0 heterocycles. The molecule has 0 unspecified atom stereocenters. The Kier molecular flexibility index (Phi) is 9.37. The second-order valence-electron chi connectivity index (χ2n) is 8.46. The van der Waals surface area contributed by atoms with E-state index in [2.05, 4.69) is 10.6 Å². The summed E-state index contributed by atoms with van der Waals surface area (Å²) >= 11 is 0. The van der Waals surface area contributed by atoms with E-state index in [-0.39, 0.29) is 23.3 Å². The lowest BCUT2D eigenvalue weighted by Gasteiger charge is -2.24. The first-order valence-corrected chi connectivity index (χ1v) is 12.8. The van der Waals surface area contributed by atoms with Crippen LogP contribution in [0.1, 0.15) is 37.5 Å². The summed E-state index contributed by atoms with van der Waals surface area (Å²) in [6, 6.07) is 10.0. The normalized spacial score (nSPS) is 12.6. The molecule has 2 amide bonds. The van der Waals surface area contributed by atoms with E-state index in [0.29, 0.717) is 24.3 Å². The number of sulfonamides is 1. The molecule has 2 aromatic carbocycles. The third-order valence-corrected chi connectivity index (χ3v) is 8.15. The number of nitrogens with zero attached hydrogens (tertiary/aromatic N) is 2. The van der Waals surface area contributed by atoms with Crippen LogP contribution in [0.2, 0.25) is 0 Å². The number of hydrogen-bond donors (Lipinski definition) is 2. The summed E-state index contributed by atoms with van der Waals surface area (Å²) in [6.07, 6.45) is 0. The molecular weight excluding hydrogens is 452 g/mol. The Morgan fingerprint density at radius 3 is 2.09 bits per heavy atom. The van der Waals surface area contributed by atoms with Crippen LogP contribution in [-0.2, 0) is 19.6 Å². The second-order valence-corrected chi connectivity index (χ2v) is 10.4. The number of carbonyl (C=O) groups is 2. The Bertz CT molecular complexity index is 1120. The summed E-state index contributed by atoms with van der Waals surface area (Å²) in [5.74, 6) is -0.556. The lowest BCUT2D eigenvalue weighted by molar-refractivity contribution is -0.122. The SMILES string of the molecule is CCN(CC)S(=O)(=O)c1cc(NC(=O)[C@H](C)N(C)CC(=O)Nc2c(C)cccc2C)ccc1C. The molecule has 2 aromatic rings. The summed E-state index contributed by atoms with van der Waals surface area (Å²) in [6.45, 7) is 11.6. The van der Waals surface area contributed by atoms with Crippen molar-refractivity contribution in [2.75, 3.05) is 37.3 Å². The third-order valence-electron chi connectivity index (χ3n) is 5.96. The highest BCUT2D eigenvalue weighted by Crippen LogP contribution is 2.24. The van der Waals surface area contributed by atoms with Gasteiger partial charge in [-0.15, -0.1) is 0 Å². The van der Waals surface area contributed by atoms with Gasteiger partial charge < -0.3 is 10.6 Å². The Balaban J connectivity index is 2.09. The maximum Gasteiger partial charge on any atom is 0.243 e. The molecule has 0 fully saturated rings. The number of benzene rings is 2. The van der Waals surface area contributed by atoms with Crippen molar-refractivity contribution in [2.24, 2.45) is 0 Å². The molecular formula is C25H36N4O4S. The first-order valence-electron chi connectivity index (χ1n) is 11.4. The van der Waals surface area contributed by atoms with E-state index in [1.165, 1.54) is 10.4 Å². The van der Waals surface area contributed by atoms with Crippen molar-refractivity contribution in [1.29, 1.82) is 0 Å². The Morgan fingerprint density at radius 2 is 1.53 bits per heavy atom. The van der Waals surface area contributed by atoms with Crippen LogP contribution in [0.3, 0.4) is 0 Å². The zero-order valence-corrected chi connectivity index (χ0v) is 21.9. The summed E-state index contributed by atoms with van der Waals surface area (Å²) < 4.78 is 27.3. The monoisotopic (exact) mass is 488 g/mol. The summed E-state index contributed by atoms with van der Waals surface area (Å²) in [5, 5.41) is 5.70. The van der Waals surface area contributed by atoms with Gasteiger partial charge in [-0.25, -0.2) is 8.42 Å². The smallest absolute Gasteiger partial charge is 0.243 e.